The molecule has 0 fully saturated rings. The molecule has 2 rings (SSSR count). The number of amides is 2. The van der Waals surface area contributed by atoms with Crippen LogP contribution in [0.1, 0.15) is 25.3 Å². The van der Waals surface area contributed by atoms with E-state index in [-0.39, 0.29) is 16.2 Å². The lowest BCUT2D eigenvalue weighted by Gasteiger charge is -2.10. The molecule has 0 saturated carbocycles. The van der Waals surface area contributed by atoms with E-state index >= 15 is 0 Å². The summed E-state index contributed by atoms with van der Waals surface area (Å²) in [6.45, 7) is 2.48. The van der Waals surface area contributed by atoms with Gasteiger partial charge in [-0.15, -0.1) is 0 Å². The van der Waals surface area contributed by atoms with Crippen molar-refractivity contribution in [2.24, 2.45) is 5.10 Å². The zero-order valence-electron chi connectivity index (χ0n) is 13.7. The van der Waals surface area contributed by atoms with Crippen molar-refractivity contribution in [1.29, 1.82) is 0 Å². The molecule has 25 heavy (non-hydrogen) atoms. The number of anilines is 1. The summed E-state index contributed by atoms with van der Waals surface area (Å²) in [5.41, 5.74) is 2.17. The van der Waals surface area contributed by atoms with Gasteiger partial charge in [0.1, 0.15) is 5.56 Å². The molecule has 132 valence electrons. The van der Waals surface area contributed by atoms with Gasteiger partial charge in [0, 0.05) is 12.2 Å². The van der Waals surface area contributed by atoms with Crippen LogP contribution in [0.4, 0.5) is 10.5 Å². The smallest absolute Gasteiger partial charge is 0.339 e. The fraction of sp³-hybridized carbons (Fsp3) is 0.250. The zero-order chi connectivity index (χ0) is 18.2. The second-order valence-electron chi connectivity index (χ2n) is 5.19. The lowest BCUT2D eigenvalue weighted by atomic mass is 10.3. The number of H-pyrrole nitrogens is 1. The normalized spacial score (nSPS) is 10.8. The number of nitrogens with zero attached hydrogens (tertiary/aromatic N) is 2. The van der Waals surface area contributed by atoms with Gasteiger partial charge in [-0.3, -0.25) is 14.3 Å². The Morgan fingerprint density at radius 1 is 1.40 bits per heavy atom. The maximum Gasteiger partial charge on any atom is 0.339 e. The first kappa shape index (κ1) is 18.4. The number of carbonyl (C=O) groups is 1. The van der Waals surface area contributed by atoms with Crippen LogP contribution in [0.25, 0.3) is 0 Å². The largest absolute Gasteiger partial charge is 0.494 e. The van der Waals surface area contributed by atoms with Crippen molar-refractivity contribution in [3.05, 3.63) is 51.0 Å². The van der Waals surface area contributed by atoms with Crippen LogP contribution in [0.3, 0.4) is 0 Å². The molecule has 0 saturated heterocycles. The van der Waals surface area contributed by atoms with Crippen LogP contribution in [0, 0.1) is 4.77 Å². The number of unbranched alkanes of at least 4 members (excludes halogenated alkanes) is 1. The first-order chi connectivity index (χ1) is 12.0. The van der Waals surface area contributed by atoms with Gasteiger partial charge in [0.05, 0.1) is 6.21 Å². The number of rotatable bonds is 6. The van der Waals surface area contributed by atoms with Crippen molar-refractivity contribution < 1.29 is 9.90 Å². The molecule has 0 spiro atoms. The highest BCUT2D eigenvalue weighted by Gasteiger charge is 2.10. The maximum absolute atomic E-state index is 11.9. The molecule has 0 aliphatic heterocycles. The summed E-state index contributed by atoms with van der Waals surface area (Å²) in [5.74, 6) is -0.281. The minimum atomic E-state index is -0.579. The zero-order valence-corrected chi connectivity index (χ0v) is 14.5. The van der Waals surface area contributed by atoms with Crippen LogP contribution in [-0.2, 0) is 6.54 Å². The van der Waals surface area contributed by atoms with Crippen LogP contribution in [-0.4, -0.2) is 26.9 Å². The Hall–Kier alpha value is -2.94. The van der Waals surface area contributed by atoms with Crippen LogP contribution in [0.5, 0.6) is 5.88 Å². The van der Waals surface area contributed by atoms with E-state index in [1.54, 1.807) is 24.3 Å². The summed E-state index contributed by atoms with van der Waals surface area (Å²) in [5, 5.41) is 16.5. The topological polar surface area (TPSA) is 112 Å². The van der Waals surface area contributed by atoms with Crippen LogP contribution < -0.4 is 16.3 Å². The van der Waals surface area contributed by atoms with Gasteiger partial charge >= 0.3 is 6.03 Å². The van der Waals surface area contributed by atoms with Crippen LogP contribution in [0.15, 0.2) is 40.2 Å². The van der Waals surface area contributed by atoms with Gasteiger partial charge in [-0.2, -0.15) is 5.10 Å². The molecule has 1 heterocycles. The average molecular weight is 361 g/mol. The van der Waals surface area contributed by atoms with Gasteiger partial charge in [-0.25, -0.2) is 10.2 Å². The van der Waals surface area contributed by atoms with Crippen LogP contribution in [0.2, 0.25) is 0 Å². The van der Waals surface area contributed by atoms with Crippen LogP contribution >= 0.6 is 12.2 Å². The third-order valence-corrected chi connectivity index (χ3v) is 3.66. The highest BCUT2D eigenvalue weighted by atomic mass is 32.1. The highest BCUT2D eigenvalue weighted by Crippen LogP contribution is 2.12. The first-order valence-corrected chi connectivity index (χ1v) is 8.15. The number of carbonyl (C=O) groups excluding carboxylic acids is 1. The van der Waals surface area contributed by atoms with E-state index in [4.69, 9.17) is 12.2 Å². The third kappa shape index (κ3) is 5.01. The lowest BCUT2D eigenvalue weighted by molar-refractivity contribution is 0.252. The summed E-state index contributed by atoms with van der Waals surface area (Å²) in [6, 6.07) is 8.26. The van der Waals surface area contributed by atoms with E-state index in [0.29, 0.717) is 12.2 Å². The predicted octanol–water partition coefficient (Wildman–Crippen LogP) is 2.57. The van der Waals surface area contributed by atoms with Gasteiger partial charge in [0.25, 0.3) is 5.56 Å². The molecule has 1 aromatic heterocycles. The quantitative estimate of drug-likeness (QED) is 0.360. The standard InChI is InChI=1S/C16H19N5O3S/c1-2-3-9-21-14(23)12(13(22)19-16(21)25)10-17-20-15(24)18-11-7-5-4-6-8-11/h4-8,10,23H,2-3,9H2,1H3,(H2,18,20,24)(H,19,22,25). The molecule has 0 aliphatic rings. The number of hydrogen-bond acceptors (Lipinski definition) is 5. The maximum atomic E-state index is 11.9. The molecule has 1 aromatic carbocycles. The van der Waals surface area contributed by atoms with E-state index in [1.165, 1.54) is 4.57 Å². The molecule has 2 amide bonds. The second-order valence-corrected chi connectivity index (χ2v) is 5.58. The van der Waals surface area contributed by atoms with Gasteiger partial charge in [0.15, 0.2) is 4.77 Å². The Bertz CT molecular complexity index is 874. The predicted molar refractivity (Wildman–Crippen MR) is 98.6 cm³/mol. The monoisotopic (exact) mass is 361 g/mol. The Labute approximate surface area is 149 Å². The fourth-order valence-corrected chi connectivity index (χ4v) is 2.32. The van der Waals surface area contributed by atoms with Crippen molar-refractivity contribution in [3.8, 4) is 5.88 Å². The van der Waals surface area contributed by atoms with Crippen molar-refractivity contribution >= 4 is 30.2 Å². The third-order valence-electron chi connectivity index (χ3n) is 3.33. The van der Waals surface area contributed by atoms with Crippen molar-refractivity contribution in [1.82, 2.24) is 15.0 Å². The summed E-state index contributed by atoms with van der Waals surface area (Å²) in [6.07, 6.45) is 2.78. The molecule has 4 N–H and O–H groups in total. The van der Waals surface area contributed by atoms with Crippen molar-refractivity contribution in [2.45, 2.75) is 26.3 Å². The summed E-state index contributed by atoms with van der Waals surface area (Å²) >= 11 is 5.05. The number of hydrazone groups is 1. The molecule has 2 aromatic rings. The molecule has 0 unspecified atom stereocenters. The van der Waals surface area contributed by atoms with Gasteiger partial charge < -0.3 is 10.4 Å². The Kier molecular flexibility index (Phi) is 6.47. The molecule has 0 bridgehead atoms. The number of aromatic amines is 1. The number of para-hydroxylation sites is 1. The Balaban J connectivity index is 2.11. The Morgan fingerprint density at radius 2 is 2.12 bits per heavy atom. The number of benzene rings is 1. The van der Waals surface area contributed by atoms with Crippen molar-refractivity contribution in [3.63, 3.8) is 0 Å². The highest BCUT2D eigenvalue weighted by molar-refractivity contribution is 7.71. The number of urea groups is 1. The second kappa shape index (κ2) is 8.78. The molecular weight excluding hydrogens is 342 g/mol. The number of aromatic nitrogens is 2. The molecule has 9 heteroatoms. The first-order valence-electron chi connectivity index (χ1n) is 7.74. The van der Waals surface area contributed by atoms with E-state index in [9.17, 15) is 14.7 Å². The molecule has 0 atom stereocenters. The lowest BCUT2D eigenvalue weighted by Crippen LogP contribution is -2.25. The number of hydrogen-bond donors (Lipinski definition) is 4. The summed E-state index contributed by atoms with van der Waals surface area (Å²) in [4.78, 5) is 26.1. The number of nitrogens with one attached hydrogen (secondary N) is 3. The van der Waals surface area contributed by atoms with Gasteiger partial charge in [-0.05, 0) is 30.8 Å². The number of aromatic hydroxyl groups is 1. The minimum absolute atomic E-state index is 0.0790. The van der Waals surface area contributed by atoms with Gasteiger partial charge in [-0.1, -0.05) is 31.5 Å². The minimum Gasteiger partial charge on any atom is -0.494 e. The van der Waals surface area contributed by atoms with E-state index in [2.05, 4.69) is 20.8 Å². The van der Waals surface area contributed by atoms with E-state index in [1.807, 2.05) is 13.0 Å². The fourth-order valence-electron chi connectivity index (χ4n) is 2.05. The molecule has 0 aliphatic carbocycles. The van der Waals surface area contributed by atoms with Gasteiger partial charge in [0.2, 0.25) is 5.88 Å². The molecule has 0 radical (unpaired) electrons. The van der Waals surface area contributed by atoms with E-state index in [0.717, 1.165) is 19.1 Å². The Morgan fingerprint density at radius 3 is 2.80 bits per heavy atom. The average Bonchev–Trinajstić information content (AvgIpc) is 2.58. The summed E-state index contributed by atoms with van der Waals surface area (Å²) < 4.78 is 1.56. The molecule has 8 nitrogen and oxygen atoms in total. The van der Waals surface area contributed by atoms with E-state index < -0.39 is 11.6 Å². The van der Waals surface area contributed by atoms with Crippen molar-refractivity contribution in [2.75, 3.05) is 5.32 Å². The molecular formula is C16H19N5O3S. The summed E-state index contributed by atoms with van der Waals surface area (Å²) in [7, 11) is 0. The SMILES string of the molecule is CCCCn1c(O)c(C=NNC(=O)Nc2ccccc2)c(=O)[nH]c1=S.